The molecule has 0 saturated heterocycles. The lowest BCUT2D eigenvalue weighted by Gasteiger charge is -2.11. The second kappa shape index (κ2) is 5.19. The molecule has 1 aromatic carbocycles. The predicted octanol–water partition coefficient (Wildman–Crippen LogP) is 2.20. The first-order chi connectivity index (χ1) is 6.83. The lowest BCUT2D eigenvalue weighted by molar-refractivity contribution is 0.173. The van der Waals surface area contributed by atoms with Crippen molar-refractivity contribution in [2.75, 3.05) is 13.5 Å². The van der Waals surface area contributed by atoms with Crippen LogP contribution in [0.2, 0.25) is 0 Å². The molecule has 1 aliphatic heterocycles. The highest BCUT2D eigenvalue weighted by molar-refractivity contribution is 5.85. The van der Waals surface area contributed by atoms with Gasteiger partial charge in [0.1, 0.15) is 0 Å². The summed E-state index contributed by atoms with van der Waals surface area (Å²) in [5, 5.41) is 0. The average Bonchev–Trinajstić information content (AvgIpc) is 2.65. The Hall–Kier alpha value is -1.00. The van der Waals surface area contributed by atoms with Gasteiger partial charge in [-0.3, -0.25) is 4.39 Å². The molecule has 3 nitrogen and oxygen atoms in total. The van der Waals surface area contributed by atoms with Gasteiger partial charge in [-0.1, -0.05) is 12.1 Å². The standard InChI is InChI=1S/C10H12FNO2.ClH/c11-5-4-8(12)7-2-1-3-9-10(7)14-6-13-9;/h1-3,8H,4-6,12H2;1H/t8-;/m0./s1. The number of fused-ring (bicyclic) bond motifs is 1. The summed E-state index contributed by atoms with van der Waals surface area (Å²) in [6.07, 6.45) is 0.305. The zero-order valence-corrected chi connectivity index (χ0v) is 8.93. The van der Waals surface area contributed by atoms with Crippen molar-refractivity contribution < 1.29 is 13.9 Å². The SMILES string of the molecule is Cl.N[C@@H](CCF)c1cccc2c1OCO2. The van der Waals surface area contributed by atoms with E-state index in [1.54, 1.807) is 0 Å². The third-order valence-corrected chi connectivity index (χ3v) is 2.25. The van der Waals surface area contributed by atoms with Crippen molar-refractivity contribution in [2.45, 2.75) is 12.5 Å². The Labute approximate surface area is 93.8 Å². The van der Waals surface area contributed by atoms with Crippen LogP contribution in [0.4, 0.5) is 4.39 Å². The molecule has 15 heavy (non-hydrogen) atoms. The minimum absolute atomic E-state index is 0. The first kappa shape index (κ1) is 12.1. The maximum atomic E-state index is 12.1. The molecular formula is C10H13ClFNO2. The van der Waals surface area contributed by atoms with Crippen molar-refractivity contribution in [3.05, 3.63) is 23.8 Å². The molecule has 0 spiro atoms. The van der Waals surface area contributed by atoms with Crippen molar-refractivity contribution >= 4 is 12.4 Å². The number of alkyl halides is 1. The maximum Gasteiger partial charge on any atom is 0.231 e. The topological polar surface area (TPSA) is 44.5 Å². The number of rotatable bonds is 3. The van der Waals surface area contributed by atoms with E-state index in [-0.39, 0.29) is 25.2 Å². The molecule has 0 amide bonds. The molecule has 5 heteroatoms. The Kier molecular flexibility index (Phi) is 4.17. The first-order valence-corrected chi connectivity index (χ1v) is 4.53. The fourth-order valence-electron chi connectivity index (χ4n) is 1.52. The predicted molar refractivity (Wildman–Crippen MR) is 57.3 cm³/mol. The minimum Gasteiger partial charge on any atom is -0.454 e. The molecule has 0 fully saturated rings. The Morgan fingerprint density at radius 1 is 1.40 bits per heavy atom. The van der Waals surface area contributed by atoms with Crippen LogP contribution in [-0.4, -0.2) is 13.5 Å². The van der Waals surface area contributed by atoms with Crippen molar-refractivity contribution in [1.29, 1.82) is 0 Å². The lowest BCUT2D eigenvalue weighted by Crippen LogP contribution is -2.11. The maximum absolute atomic E-state index is 12.1. The van der Waals surface area contributed by atoms with Gasteiger partial charge < -0.3 is 15.2 Å². The van der Waals surface area contributed by atoms with Crippen LogP contribution in [0, 0.1) is 0 Å². The van der Waals surface area contributed by atoms with Gasteiger partial charge in [0.25, 0.3) is 0 Å². The summed E-state index contributed by atoms with van der Waals surface area (Å²) in [5.41, 5.74) is 6.62. The van der Waals surface area contributed by atoms with Crippen LogP contribution in [0.3, 0.4) is 0 Å². The van der Waals surface area contributed by atoms with Gasteiger partial charge in [-0.15, -0.1) is 12.4 Å². The van der Waals surface area contributed by atoms with Crippen molar-refractivity contribution in [2.24, 2.45) is 5.73 Å². The number of para-hydroxylation sites is 1. The van der Waals surface area contributed by atoms with E-state index in [2.05, 4.69) is 0 Å². The summed E-state index contributed by atoms with van der Waals surface area (Å²) in [5.74, 6) is 1.35. The molecule has 0 aromatic heterocycles. The highest BCUT2D eigenvalue weighted by Gasteiger charge is 2.20. The second-order valence-corrected chi connectivity index (χ2v) is 3.17. The van der Waals surface area contributed by atoms with Crippen molar-refractivity contribution in [3.63, 3.8) is 0 Å². The Bertz CT molecular complexity index is 335. The molecule has 84 valence electrons. The van der Waals surface area contributed by atoms with Crippen LogP contribution >= 0.6 is 12.4 Å². The number of nitrogens with two attached hydrogens (primary N) is 1. The van der Waals surface area contributed by atoms with E-state index in [1.165, 1.54) is 0 Å². The molecule has 0 unspecified atom stereocenters. The van der Waals surface area contributed by atoms with E-state index < -0.39 is 6.67 Å². The molecule has 0 saturated carbocycles. The van der Waals surface area contributed by atoms with Gasteiger partial charge in [0.2, 0.25) is 6.79 Å². The van der Waals surface area contributed by atoms with Crippen LogP contribution in [0.25, 0.3) is 0 Å². The molecule has 2 N–H and O–H groups in total. The van der Waals surface area contributed by atoms with Gasteiger partial charge in [0.15, 0.2) is 11.5 Å². The molecule has 0 bridgehead atoms. The minimum atomic E-state index is -0.425. The van der Waals surface area contributed by atoms with E-state index in [0.29, 0.717) is 17.9 Å². The number of hydrogen-bond donors (Lipinski definition) is 1. The molecule has 0 radical (unpaired) electrons. The van der Waals surface area contributed by atoms with E-state index in [1.807, 2.05) is 18.2 Å². The third-order valence-electron chi connectivity index (χ3n) is 2.25. The fourth-order valence-corrected chi connectivity index (χ4v) is 1.52. The Morgan fingerprint density at radius 2 is 2.20 bits per heavy atom. The van der Waals surface area contributed by atoms with Crippen LogP contribution in [-0.2, 0) is 0 Å². The van der Waals surface area contributed by atoms with E-state index >= 15 is 0 Å². The van der Waals surface area contributed by atoms with E-state index in [9.17, 15) is 4.39 Å². The van der Waals surface area contributed by atoms with E-state index in [0.717, 1.165) is 5.56 Å². The average molecular weight is 234 g/mol. The van der Waals surface area contributed by atoms with Crippen LogP contribution < -0.4 is 15.2 Å². The van der Waals surface area contributed by atoms with Gasteiger partial charge in [0.05, 0.1) is 6.67 Å². The zero-order chi connectivity index (χ0) is 9.97. The summed E-state index contributed by atoms with van der Waals surface area (Å²) in [7, 11) is 0. The molecule has 0 aliphatic carbocycles. The highest BCUT2D eigenvalue weighted by atomic mass is 35.5. The van der Waals surface area contributed by atoms with Gasteiger partial charge in [-0.25, -0.2) is 0 Å². The van der Waals surface area contributed by atoms with Crippen molar-refractivity contribution in [3.8, 4) is 11.5 Å². The zero-order valence-electron chi connectivity index (χ0n) is 8.11. The first-order valence-electron chi connectivity index (χ1n) is 4.53. The summed E-state index contributed by atoms with van der Waals surface area (Å²) >= 11 is 0. The number of halogens is 2. The largest absolute Gasteiger partial charge is 0.454 e. The van der Waals surface area contributed by atoms with Crippen LogP contribution in [0.1, 0.15) is 18.0 Å². The number of ether oxygens (including phenoxy) is 2. The Balaban J connectivity index is 0.00000112. The summed E-state index contributed by atoms with van der Waals surface area (Å²) in [6, 6.07) is 5.17. The molecule has 1 heterocycles. The summed E-state index contributed by atoms with van der Waals surface area (Å²) in [6.45, 7) is -0.208. The normalized spacial score (nSPS) is 14.5. The third kappa shape index (κ3) is 2.33. The molecule has 1 atom stereocenters. The smallest absolute Gasteiger partial charge is 0.231 e. The quantitative estimate of drug-likeness (QED) is 0.871. The number of benzene rings is 1. The lowest BCUT2D eigenvalue weighted by atomic mass is 10.0. The monoisotopic (exact) mass is 233 g/mol. The van der Waals surface area contributed by atoms with Crippen molar-refractivity contribution in [1.82, 2.24) is 0 Å². The van der Waals surface area contributed by atoms with Crippen LogP contribution in [0.15, 0.2) is 18.2 Å². The summed E-state index contributed by atoms with van der Waals surface area (Å²) < 4.78 is 22.6. The molecule has 2 rings (SSSR count). The van der Waals surface area contributed by atoms with Gasteiger partial charge >= 0.3 is 0 Å². The van der Waals surface area contributed by atoms with E-state index in [4.69, 9.17) is 15.2 Å². The molecule has 1 aliphatic rings. The molecule has 1 aromatic rings. The second-order valence-electron chi connectivity index (χ2n) is 3.17. The Morgan fingerprint density at radius 3 is 2.93 bits per heavy atom. The van der Waals surface area contributed by atoms with Crippen LogP contribution in [0.5, 0.6) is 11.5 Å². The van der Waals surface area contributed by atoms with Gasteiger partial charge in [-0.2, -0.15) is 0 Å². The highest BCUT2D eigenvalue weighted by Crippen LogP contribution is 2.38. The fraction of sp³-hybridized carbons (Fsp3) is 0.400. The van der Waals surface area contributed by atoms with Gasteiger partial charge in [0, 0.05) is 11.6 Å². The van der Waals surface area contributed by atoms with Gasteiger partial charge in [-0.05, 0) is 12.5 Å². The molecular weight excluding hydrogens is 221 g/mol. The number of hydrogen-bond acceptors (Lipinski definition) is 3. The summed E-state index contributed by atoms with van der Waals surface area (Å²) in [4.78, 5) is 0.